The van der Waals surface area contributed by atoms with Crippen molar-refractivity contribution in [3.05, 3.63) is 46.1 Å². The fourth-order valence-corrected chi connectivity index (χ4v) is 3.60. The van der Waals surface area contributed by atoms with Crippen LogP contribution in [-0.4, -0.2) is 14.8 Å². The highest BCUT2D eigenvalue weighted by atomic mass is 19.4. The van der Waals surface area contributed by atoms with E-state index in [1.807, 2.05) is 39.0 Å². The third-order valence-corrected chi connectivity index (χ3v) is 4.55. The summed E-state index contributed by atoms with van der Waals surface area (Å²) in [4.78, 5) is 4.54. The van der Waals surface area contributed by atoms with Crippen molar-refractivity contribution in [1.82, 2.24) is 14.8 Å². The molecule has 0 saturated heterocycles. The van der Waals surface area contributed by atoms with E-state index in [0.29, 0.717) is 5.56 Å². The molecule has 0 N–H and O–H groups in total. The molecule has 2 heterocycles. The Bertz CT molecular complexity index is 1050. The number of pyridine rings is 1. The molecular weight excluding hydrogens is 353 g/mol. The lowest BCUT2D eigenvalue weighted by molar-refractivity contribution is -0.136. The maximum atomic E-state index is 13.8. The summed E-state index contributed by atoms with van der Waals surface area (Å²) in [6, 6.07) is 6.96. The first-order valence-electron chi connectivity index (χ1n) is 8.54. The first kappa shape index (κ1) is 18.9. The van der Waals surface area contributed by atoms with E-state index in [1.165, 1.54) is 11.6 Å². The first-order chi connectivity index (χ1) is 12.6. The van der Waals surface area contributed by atoms with Crippen molar-refractivity contribution < 1.29 is 13.2 Å². The second-order valence-corrected chi connectivity index (χ2v) is 6.74. The predicted molar refractivity (Wildman–Crippen MR) is 97.1 cm³/mol. The molecule has 0 aliphatic carbocycles. The van der Waals surface area contributed by atoms with Crippen LogP contribution >= 0.6 is 0 Å². The lowest BCUT2D eigenvalue weighted by Crippen LogP contribution is -2.09. The van der Waals surface area contributed by atoms with Crippen LogP contribution in [0.2, 0.25) is 0 Å². The highest BCUT2D eigenvalue weighted by Crippen LogP contribution is 2.39. The van der Waals surface area contributed by atoms with Gasteiger partial charge in [0.15, 0.2) is 5.65 Å². The molecule has 0 unspecified atom stereocenters. The maximum Gasteiger partial charge on any atom is 0.417 e. The lowest BCUT2D eigenvalue weighted by Gasteiger charge is -2.15. The van der Waals surface area contributed by atoms with Gasteiger partial charge in [-0.3, -0.25) is 0 Å². The topological polar surface area (TPSA) is 54.5 Å². The van der Waals surface area contributed by atoms with E-state index in [0.717, 1.165) is 22.8 Å². The van der Waals surface area contributed by atoms with Crippen molar-refractivity contribution in [1.29, 1.82) is 5.26 Å². The summed E-state index contributed by atoms with van der Waals surface area (Å²) in [5.74, 6) is 0. The van der Waals surface area contributed by atoms with Gasteiger partial charge in [0.05, 0.1) is 41.4 Å². The SMILES string of the molecule is Cc1cc(C)c(-c2cc(C(F)(F)F)c3c(C)nn(CCC#N)c3n2)c(C)c1. The van der Waals surface area contributed by atoms with Gasteiger partial charge in [0.2, 0.25) is 0 Å². The number of aromatic nitrogens is 3. The van der Waals surface area contributed by atoms with Crippen LogP contribution in [0.25, 0.3) is 22.3 Å². The minimum atomic E-state index is -4.53. The molecule has 0 atom stereocenters. The number of aryl methyl sites for hydroxylation is 5. The normalized spacial score (nSPS) is 11.8. The van der Waals surface area contributed by atoms with Gasteiger partial charge in [-0.2, -0.15) is 23.5 Å². The number of alkyl halides is 3. The number of hydrogen-bond donors (Lipinski definition) is 0. The number of rotatable bonds is 3. The van der Waals surface area contributed by atoms with E-state index in [4.69, 9.17) is 5.26 Å². The Balaban J connectivity index is 2.38. The Kier molecular flexibility index (Phi) is 4.68. The second kappa shape index (κ2) is 6.69. The quantitative estimate of drug-likeness (QED) is 0.630. The molecule has 140 valence electrons. The molecule has 3 rings (SSSR count). The minimum Gasteiger partial charge on any atom is -0.246 e. The van der Waals surface area contributed by atoms with Gasteiger partial charge in [0.25, 0.3) is 0 Å². The van der Waals surface area contributed by atoms with Gasteiger partial charge in [0, 0.05) is 5.56 Å². The van der Waals surface area contributed by atoms with Crippen molar-refractivity contribution in [3.63, 3.8) is 0 Å². The number of nitriles is 1. The molecular formula is C20H19F3N4. The Morgan fingerprint density at radius 2 is 1.70 bits per heavy atom. The molecule has 0 fully saturated rings. The van der Waals surface area contributed by atoms with E-state index >= 15 is 0 Å². The van der Waals surface area contributed by atoms with Crippen LogP contribution in [0.4, 0.5) is 13.2 Å². The summed E-state index contributed by atoms with van der Waals surface area (Å²) >= 11 is 0. The molecule has 0 aliphatic rings. The first-order valence-corrected chi connectivity index (χ1v) is 8.54. The smallest absolute Gasteiger partial charge is 0.246 e. The van der Waals surface area contributed by atoms with Crippen molar-refractivity contribution in [3.8, 4) is 17.3 Å². The fraction of sp³-hybridized carbons (Fsp3) is 0.350. The largest absolute Gasteiger partial charge is 0.417 e. The summed E-state index contributed by atoms with van der Waals surface area (Å²) in [5.41, 5.74) is 3.41. The maximum absolute atomic E-state index is 13.8. The van der Waals surface area contributed by atoms with Gasteiger partial charge >= 0.3 is 6.18 Å². The van der Waals surface area contributed by atoms with E-state index < -0.39 is 11.7 Å². The van der Waals surface area contributed by atoms with E-state index in [2.05, 4.69) is 10.1 Å². The van der Waals surface area contributed by atoms with Crippen molar-refractivity contribution in [2.24, 2.45) is 0 Å². The zero-order valence-electron chi connectivity index (χ0n) is 15.6. The molecule has 2 aromatic heterocycles. The predicted octanol–water partition coefficient (Wildman–Crippen LogP) is 5.26. The van der Waals surface area contributed by atoms with Crippen LogP contribution in [-0.2, 0) is 12.7 Å². The molecule has 0 aliphatic heterocycles. The van der Waals surface area contributed by atoms with Crippen LogP contribution < -0.4 is 0 Å². The van der Waals surface area contributed by atoms with E-state index in [1.54, 1.807) is 0 Å². The van der Waals surface area contributed by atoms with Crippen LogP contribution in [0.15, 0.2) is 18.2 Å². The zero-order chi connectivity index (χ0) is 19.9. The van der Waals surface area contributed by atoms with Crippen LogP contribution in [0.3, 0.4) is 0 Å². The summed E-state index contributed by atoms with van der Waals surface area (Å²) in [7, 11) is 0. The Morgan fingerprint density at radius 1 is 1.07 bits per heavy atom. The van der Waals surface area contributed by atoms with Gasteiger partial charge in [-0.05, 0) is 44.9 Å². The third kappa shape index (κ3) is 3.39. The summed E-state index contributed by atoms with van der Waals surface area (Å²) in [6.45, 7) is 7.41. The molecule has 27 heavy (non-hydrogen) atoms. The van der Waals surface area contributed by atoms with Gasteiger partial charge in [-0.15, -0.1) is 0 Å². The molecule has 0 amide bonds. The molecule has 0 spiro atoms. The highest BCUT2D eigenvalue weighted by Gasteiger charge is 2.36. The number of fused-ring (bicyclic) bond motifs is 1. The van der Waals surface area contributed by atoms with Gasteiger partial charge in [-0.25, -0.2) is 9.67 Å². The average Bonchev–Trinajstić information content (AvgIpc) is 2.86. The molecule has 4 nitrogen and oxygen atoms in total. The third-order valence-electron chi connectivity index (χ3n) is 4.55. The van der Waals surface area contributed by atoms with Crippen LogP contribution in [0, 0.1) is 39.0 Å². The van der Waals surface area contributed by atoms with E-state index in [-0.39, 0.29) is 35.4 Å². The van der Waals surface area contributed by atoms with Crippen LogP contribution in [0.5, 0.6) is 0 Å². The second-order valence-electron chi connectivity index (χ2n) is 6.74. The summed E-state index contributed by atoms with van der Waals surface area (Å²) in [6.07, 6.45) is -4.39. The Morgan fingerprint density at radius 3 is 2.26 bits per heavy atom. The Labute approximate surface area is 155 Å². The Hall–Kier alpha value is -2.88. The summed E-state index contributed by atoms with van der Waals surface area (Å²) in [5, 5.41) is 13.0. The molecule has 0 bridgehead atoms. The average molecular weight is 372 g/mol. The standard InChI is InChI=1S/C20H19F3N4/c1-11-8-12(2)17(13(3)9-11)16-10-15(20(21,22)23)18-14(4)26-27(7-5-6-24)19(18)25-16/h8-10H,5,7H2,1-4H3. The monoisotopic (exact) mass is 372 g/mol. The highest BCUT2D eigenvalue weighted by molar-refractivity contribution is 5.86. The number of halogens is 3. The van der Waals surface area contributed by atoms with Crippen molar-refractivity contribution in [2.45, 2.75) is 46.8 Å². The van der Waals surface area contributed by atoms with Crippen LogP contribution in [0.1, 0.15) is 34.4 Å². The summed E-state index contributed by atoms with van der Waals surface area (Å²) < 4.78 is 42.8. The molecule has 1 aromatic carbocycles. The number of benzene rings is 1. The zero-order valence-corrected chi connectivity index (χ0v) is 15.6. The van der Waals surface area contributed by atoms with Gasteiger partial charge in [0.1, 0.15) is 0 Å². The molecule has 3 aromatic rings. The van der Waals surface area contributed by atoms with Gasteiger partial charge in [-0.1, -0.05) is 17.7 Å². The minimum absolute atomic E-state index is 0.00777. The van der Waals surface area contributed by atoms with Crippen molar-refractivity contribution >= 4 is 11.0 Å². The lowest BCUT2D eigenvalue weighted by atomic mass is 9.95. The number of nitrogens with zero attached hydrogens (tertiary/aromatic N) is 4. The molecule has 0 radical (unpaired) electrons. The van der Waals surface area contributed by atoms with Gasteiger partial charge < -0.3 is 0 Å². The molecule has 7 heteroatoms. The van der Waals surface area contributed by atoms with Crippen molar-refractivity contribution in [2.75, 3.05) is 0 Å². The number of hydrogen-bond acceptors (Lipinski definition) is 3. The molecule has 0 saturated carbocycles. The fourth-order valence-electron chi connectivity index (χ4n) is 3.60. The van der Waals surface area contributed by atoms with E-state index in [9.17, 15) is 13.2 Å².